The quantitative estimate of drug-likeness (QED) is 0.792. The third-order valence-corrected chi connectivity index (χ3v) is 3.97. The van der Waals surface area contributed by atoms with E-state index in [-0.39, 0.29) is 5.97 Å². The van der Waals surface area contributed by atoms with E-state index >= 15 is 0 Å². The molecule has 1 heterocycles. The lowest BCUT2D eigenvalue weighted by Crippen LogP contribution is -2.37. The van der Waals surface area contributed by atoms with Gasteiger partial charge in [0.2, 0.25) is 0 Å². The number of esters is 1. The third kappa shape index (κ3) is 2.72. The van der Waals surface area contributed by atoms with E-state index in [1.807, 2.05) is 13.0 Å². The summed E-state index contributed by atoms with van der Waals surface area (Å²) >= 11 is 0. The molecule has 4 nitrogen and oxygen atoms in total. The van der Waals surface area contributed by atoms with E-state index in [1.54, 1.807) is 0 Å². The van der Waals surface area contributed by atoms with Crippen LogP contribution in [0.5, 0.6) is 0 Å². The summed E-state index contributed by atoms with van der Waals surface area (Å²) in [5.74, 6) is -0.558. The summed E-state index contributed by atoms with van der Waals surface area (Å²) in [5, 5.41) is 0. The van der Waals surface area contributed by atoms with Crippen LogP contribution in [-0.4, -0.2) is 31.6 Å². The fourth-order valence-corrected chi connectivity index (χ4v) is 3.02. The van der Waals surface area contributed by atoms with Gasteiger partial charge < -0.3 is 14.2 Å². The maximum Gasteiger partial charge on any atom is 0.310 e. The number of carbonyl (C=O) groups is 1. The average Bonchev–Trinajstić information content (AvgIpc) is 2.87. The molecule has 3 rings (SSSR count). The van der Waals surface area contributed by atoms with Crippen LogP contribution in [0.2, 0.25) is 0 Å². The van der Waals surface area contributed by atoms with Crippen LogP contribution in [0, 0.1) is 0 Å². The topological polar surface area (TPSA) is 44.8 Å². The first-order valence-corrected chi connectivity index (χ1v) is 7.25. The number of ether oxygens (including phenoxy) is 3. The lowest BCUT2D eigenvalue weighted by atomic mass is 9.86. The zero-order valence-electron chi connectivity index (χ0n) is 11.8. The van der Waals surface area contributed by atoms with Gasteiger partial charge >= 0.3 is 5.97 Å². The van der Waals surface area contributed by atoms with Crippen LogP contribution in [0.3, 0.4) is 0 Å². The minimum atomic E-state index is -0.393. The van der Waals surface area contributed by atoms with E-state index in [0.717, 1.165) is 24.8 Å². The van der Waals surface area contributed by atoms with Crippen molar-refractivity contribution in [2.45, 2.75) is 38.4 Å². The minimum Gasteiger partial charge on any atom is -0.466 e. The SMILES string of the molecule is CCOC(=O)Cc1ccc2c(c1)CCC1(C2)OCCO1. The summed E-state index contributed by atoms with van der Waals surface area (Å²) in [5.41, 5.74) is 3.59. The number of hydrogen-bond donors (Lipinski definition) is 0. The highest BCUT2D eigenvalue weighted by Crippen LogP contribution is 2.35. The fraction of sp³-hybridized carbons (Fsp3) is 0.562. The van der Waals surface area contributed by atoms with Gasteiger partial charge in [0.05, 0.1) is 26.2 Å². The Kier molecular flexibility index (Phi) is 3.76. The molecule has 1 fully saturated rings. The number of hydrogen-bond acceptors (Lipinski definition) is 4. The van der Waals surface area contributed by atoms with E-state index in [1.165, 1.54) is 11.1 Å². The lowest BCUT2D eigenvalue weighted by Gasteiger charge is -2.33. The first-order valence-electron chi connectivity index (χ1n) is 7.25. The van der Waals surface area contributed by atoms with Gasteiger partial charge in [-0.15, -0.1) is 0 Å². The van der Waals surface area contributed by atoms with Gasteiger partial charge in [0, 0.05) is 12.8 Å². The maximum atomic E-state index is 11.5. The Hall–Kier alpha value is -1.39. The van der Waals surface area contributed by atoms with Gasteiger partial charge in [0.1, 0.15) is 0 Å². The molecule has 108 valence electrons. The Bertz CT molecular complexity index is 503. The standard InChI is InChI=1S/C16H20O4/c1-2-18-15(17)10-12-3-4-14-11-16(19-7-8-20-16)6-5-13(14)9-12/h3-4,9H,2,5-8,10-11H2,1H3. The smallest absolute Gasteiger partial charge is 0.310 e. The monoisotopic (exact) mass is 276 g/mol. The summed E-state index contributed by atoms with van der Waals surface area (Å²) in [6, 6.07) is 6.22. The Morgan fingerprint density at radius 1 is 1.30 bits per heavy atom. The van der Waals surface area contributed by atoms with Gasteiger partial charge in [-0.1, -0.05) is 18.2 Å². The molecular weight excluding hydrogens is 256 g/mol. The van der Waals surface area contributed by atoms with Crippen LogP contribution in [0.4, 0.5) is 0 Å². The molecule has 1 aromatic rings. The van der Waals surface area contributed by atoms with Crippen molar-refractivity contribution in [1.29, 1.82) is 0 Å². The van der Waals surface area contributed by atoms with Gasteiger partial charge in [-0.2, -0.15) is 0 Å². The van der Waals surface area contributed by atoms with E-state index in [4.69, 9.17) is 14.2 Å². The van der Waals surface area contributed by atoms with Crippen molar-refractivity contribution in [3.8, 4) is 0 Å². The van der Waals surface area contributed by atoms with E-state index in [0.29, 0.717) is 26.2 Å². The van der Waals surface area contributed by atoms with Gasteiger partial charge in [0.15, 0.2) is 5.79 Å². The minimum absolute atomic E-state index is 0.165. The highest BCUT2D eigenvalue weighted by atomic mass is 16.7. The molecule has 0 aromatic heterocycles. The molecule has 0 atom stereocenters. The molecule has 4 heteroatoms. The number of fused-ring (bicyclic) bond motifs is 1. The van der Waals surface area contributed by atoms with Crippen molar-refractivity contribution < 1.29 is 19.0 Å². The molecular formula is C16H20O4. The summed E-state index contributed by atoms with van der Waals surface area (Å²) in [6.07, 6.45) is 2.98. The Morgan fingerprint density at radius 2 is 2.10 bits per heavy atom. The largest absolute Gasteiger partial charge is 0.466 e. The van der Waals surface area contributed by atoms with Gasteiger partial charge in [0.25, 0.3) is 0 Å². The summed E-state index contributed by atoms with van der Waals surface area (Å²) in [4.78, 5) is 11.5. The van der Waals surface area contributed by atoms with E-state index in [2.05, 4.69) is 12.1 Å². The molecule has 1 aromatic carbocycles. The van der Waals surface area contributed by atoms with Crippen LogP contribution >= 0.6 is 0 Å². The second kappa shape index (κ2) is 5.54. The number of benzene rings is 1. The predicted molar refractivity (Wildman–Crippen MR) is 73.4 cm³/mol. The van der Waals surface area contributed by atoms with Crippen molar-refractivity contribution >= 4 is 5.97 Å². The first kappa shape index (κ1) is 13.6. The summed E-state index contributed by atoms with van der Waals surface area (Å²) in [6.45, 7) is 3.64. The number of aryl methyl sites for hydroxylation is 1. The van der Waals surface area contributed by atoms with Crippen LogP contribution < -0.4 is 0 Å². The molecule has 0 bridgehead atoms. The fourth-order valence-electron chi connectivity index (χ4n) is 3.02. The second-order valence-corrected chi connectivity index (χ2v) is 5.37. The molecule has 0 amide bonds. The van der Waals surface area contributed by atoms with Gasteiger partial charge in [-0.3, -0.25) is 4.79 Å². The van der Waals surface area contributed by atoms with Crippen LogP contribution in [0.25, 0.3) is 0 Å². The van der Waals surface area contributed by atoms with Crippen molar-refractivity contribution in [2.24, 2.45) is 0 Å². The molecule has 0 radical (unpaired) electrons. The summed E-state index contributed by atoms with van der Waals surface area (Å²) < 4.78 is 16.5. The molecule has 2 aliphatic rings. The molecule has 0 N–H and O–H groups in total. The molecule has 20 heavy (non-hydrogen) atoms. The molecule has 1 aliphatic heterocycles. The number of rotatable bonds is 3. The lowest BCUT2D eigenvalue weighted by molar-refractivity contribution is -0.163. The highest BCUT2D eigenvalue weighted by Gasteiger charge is 2.39. The van der Waals surface area contributed by atoms with Crippen LogP contribution in [0.1, 0.15) is 30.0 Å². The summed E-state index contributed by atoms with van der Waals surface area (Å²) in [7, 11) is 0. The second-order valence-electron chi connectivity index (χ2n) is 5.37. The van der Waals surface area contributed by atoms with Gasteiger partial charge in [-0.25, -0.2) is 0 Å². The molecule has 1 saturated heterocycles. The zero-order chi connectivity index (χ0) is 14.0. The van der Waals surface area contributed by atoms with Gasteiger partial charge in [-0.05, 0) is 30.0 Å². The third-order valence-electron chi connectivity index (χ3n) is 3.97. The maximum absolute atomic E-state index is 11.5. The highest BCUT2D eigenvalue weighted by molar-refractivity contribution is 5.72. The average molecular weight is 276 g/mol. The van der Waals surface area contributed by atoms with Crippen molar-refractivity contribution in [1.82, 2.24) is 0 Å². The van der Waals surface area contributed by atoms with E-state index in [9.17, 15) is 4.79 Å². The normalized spacial score (nSPS) is 19.9. The first-order chi connectivity index (χ1) is 9.71. The molecule has 0 unspecified atom stereocenters. The van der Waals surface area contributed by atoms with Crippen molar-refractivity contribution in [2.75, 3.05) is 19.8 Å². The number of carbonyl (C=O) groups excluding carboxylic acids is 1. The van der Waals surface area contributed by atoms with Crippen molar-refractivity contribution in [3.05, 3.63) is 34.9 Å². The molecule has 1 spiro atoms. The molecule has 0 saturated carbocycles. The van der Waals surface area contributed by atoms with Crippen LogP contribution in [0.15, 0.2) is 18.2 Å². The Morgan fingerprint density at radius 3 is 2.85 bits per heavy atom. The Balaban J connectivity index is 1.73. The Labute approximate surface area is 119 Å². The zero-order valence-corrected chi connectivity index (χ0v) is 11.8. The molecule has 1 aliphatic carbocycles. The van der Waals surface area contributed by atoms with Crippen LogP contribution in [-0.2, 0) is 38.3 Å². The van der Waals surface area contributed by atoms with E-state index < -0.39 is 5.79 Å². The van der Waals surface area contributed by atoms with Crippen molar-refractivity contribution in [3.63, 3.8) is 0 Å². The predicted octanol–water partition coefficient (Wildman–Crippen LogP) is 2.02.